The average Bonchev–Trinajstić information content (AvgIpc) is 2.90. The maximum absolute atomic E-state index is 12.7. The zero-order chi connectivity index (χ0) is 19.4. The minimum absolute atomic E-state index is 0.0216. The summed E-state index contributed by atoms with van der Waals surface area (Å²) < 4.78 is 0. The summed E-state index contributed by atoms with van der Waals surface area (Å²) in [6, 6.07) is 14.0. The summed E-state index contributed by atoms with van der Waals surface area (Å²) >= 11 is 7.32. The standard InChI is InChI=1S/C20H19ClN2O3S/c1-2-4-18(24)22-14-7-9-16(10-8-14)27-17-12-19(25)23(20(17)26)15-6-3-5-13(21)11-15/h3,5-11,17H,2,4,12H2,1H3,(H,22,24)/t17-/m1/s1. The van der Waals surface area contributed by atoms with Crippen LogP contribution in [-0.2, 0) is 14.4 Å². The molecule has 1 heterocycles. The van der Waals surface area contributed by atoms with Crippen LogP contribution in [0.4, 0.5) is 11.4 Å². The van der Waals surface area contributed by atoms with Crippen LogP contribution in [0.1, 0.15) is 26.2 Å². The van der Waals surface area contributed by atoms with Crippen molar-refractivity contribution in [3.63, 3.8) is 0 Å². The van der Waals surface area contributed by atoms with E-state index in [-0.39, 0.29) is 24.1 Å². The Morgan fingerprint density at radius 3 is 2.63 bits per heavy atom. The molecule has 0 spiro atoms. The van der Waals surface area contributed by atoms with Crippen molar-refractivity contribution in [3.05, 3.63) is 53.6 Å². The van der Waals surface area contributed by atoms with Gasteiger partial charge in [-0.15, -0.1) is 11.8 Å². The minimum atomic E-state index is -0.475. The monoisotopic (exact) mass is 402 g/mol. The zero-order valence-corrected chi connectivity index (χ0v) is 16.3. The molecule has 2 aromatic carbocycles. The van der Waals surface area contributed by atoms with Gasteiger partial charge in [0.1, 0.15) is 0 Å². The molecule has 0 saturated carbocycles. The van der Waals surface area contributed by atoms with Gasteiger partial charge in [0.25, 0.3) is 0 Å². The average molecular weight is 403 g/mol. The van der Waals surface area contributed by atoms with E-state index in [2.05, 4.69) is 5.32 Å². The van der Waals surface area contributed by atoms with Crippen molar-refractivity contribution >= 4 is 52.5 Å². The first-order valence-corrected chi connectivity index (χ1v) is 9.92. The van der Waals surface area contributed by atoms with Gasteiger partial charge in [0.05, 0.1) is 10.9 Å². The number of carbonyl (C=O) groups excluding carboxylic acids is 3. The third-order valence-corrected chi connectivity index (χ3v) is 5.50. The van der Waals surface area contributed by atoms with Gasteiger partial charge in [-0.1, -0.05) is 24.6 Å². The summed E-state index contributed by atoms with van der Waals surface area (Å²) in [4.78, 5) is 38.7. The number of nitrogens with one attached hydrogen (secondary N) is 1. The van der Waals surface area contributed by atoms with Crippen molar-refractivity contribution in [1.29, 1.82) is 0 Å². The topological polar surface area (TPSA) is 66.5 Å². The van der Waals surface area contributed by atoms with Crippen LogP contribution in [0.5, 0.6) is 0 Å². The van der Waals surface area contributed by atoms with Gasteiger partial charge in [-0.2, -0.15) is 0 Å². The minimum Gasteiger partial charge on any atom is -0.326 e. The molecule has 0 bridgehead atoms. The number of nitrogens with zero attached hydrogens (tertiary/aromatic N) is 1. The third-order valence-electron chi connectivity index (χ3n) is 4.07. The van der Waals surface area contributed by atoms with Crippen LogP contribution in [0.2, 0.25) is 5.02 Å². The second-order valence-electron chi connectivity index (χ2n) is 6.18. The fourth-order valence-corrected chi connectivity index (χ4v) is 4.05. The lowest BCUT2D eigenvalue weighted by atomic mass is 10.3. The fraction of sp³-hybridized carbons (Fsp3) is 0.250. The van der Waals surface area contributed by atoms with E-state index in [0.717, 1.165) is 11.3 Å². The molecular formula is C20H19ClN2O3S. The molecule has 5 nitrogen and oxygen atoms in total. The van der Waals surface area contributed by atoms with Crippen LogP contribution >= 0.6 is 23.4 Å². The number of hydrogen-bond acceptors (Lipinski definition) is 4. The van der Waals surface area contributed by atoms with Gasteiger partial charge >= 0.3 is 0 Å². The normalized spacial score (nSPS) is 16.7. The van der Waals surface area contributed by atoms with Gasteiger partial charge in [-0.05, 0) is 48.9 Å². The largest absolute Gasteiger partial charge is 0.326 e. The summed E-state index contributed by atoms with van der Waals surface area (Å²) in [5.41, 5.74) is 1.21. The summed E-state index contributed by atoms with van der Waals surface area (Å²) in [5.74, 6) is -0.498. The van der Waals surface area contributed by atoms with E-state index >= 15 is 0 Å². The lowest BCUT2D eigenvalue weighted by Gasteiger charge is -2.15. The van der Waals surface area contributed by atoms with Crippen LogP contribution in [0, 0.1) is 0 Å². The molecule has 3 rings (SSSR count). The van der Waals surface area contributed by atoms with E-state index in [9.17, 15) is 14.4 Å². The number of carbonyl (C=O) groups is 3. The summed E-state index contributed by atoms with van der Waals surface area (Å²) in [6.45, 7) is 1.95. The fourth-order valence-electron chi connectivity index (χ4n) is 2.81. The molecule has 0 aromatic heterocycles. The van der Waals surface area contributed by atoms with Crippen LogP contribution in [0.25, 0.3) is 0 Å². The summed E-state index contributed by atoms with van der Waals surface area (Å²) in [7, 11) is 0. The van der Waals surface area contributed by atoms with Crippen molar-refractivity contribution in [1.82, 2.24) is 0 Å². The summed E-state index contributed by atoms with van der Waals surface area (Å²) in [6.07, 6.45) is 1.42. The third kappa shape index (κ3) is 4.70. The SMILES string of the molecule is CCCC(=O)Nc1ccc(S[C@@H]2CC(=O)N(c3cccc(Cl)c3)C2=O)cc1. The number of imide groups is 1. The van der Waals surface area contributed by atoms with Gasteiger partial charge in [0.15, 0.2) is 0 Å². The Morgan fingerprint density at radius 1 is 1.22 bits per heavy atom. The molecule has 0 radical (unpaired) electrons. The number of benzene rings is 2. The number of amides is 3. The highest BCUT2D eigenvalue weighted by Crippen LogP contribution is 2.35. The highest BCUT2D eigenvalue weighted by molar-refractivity contribution is 8.00. The first-order chi connectivity index (χ1) is 13.0. The lowest BCUT2D eigenvalue weighted by molar-refractivity contribution is -0.121. The number of thioether (sulfide) groups is 1. The van der Waals surface area contributed by atoms with Crippen molar-refractivity contribution in [2.24, 2.45) is 0 Å². The predicted molar refractivity (Wildman–Crippen MR) is 108 cm³/mol. The van der Waals surface area contributed by atoms with Gasteiger partial charge in [-0.3, -0.25) is 14.4 Å². The van der Waals surface area contributed by atoms with Crippen molar-refractivity contribution in [3.8, 4) is 0 Å². The number of halogens is 1. The Morgan fingerprint density at radius 2 is 1.96 bits per heavy atom. The molecule has 1 atom stereocenters. The maximum atomic E-state index is 12.7. The van der Waals surface area contributed by atoms with Crippen molar-refractivity contribution in [2.75, 3.05) is 10.2 Å². The van der Waals surface area contributed by atoms with E-state index in [1.165, 1.54) is 16.7 Å². The quantitative estimate of drug-likeness (QED) is 0.722. The Labute approximate surface area is 167 Å². The molecule has 1 aliphatic heterocycles. The van der Waals surface area contributed by atoms with E-state index in [4.69, 9.17) is 11.6 Å². The van der Waals surface area contributed by atoms with E-state index in [0.29, 0.717) is 22.8 Å². The van der Waals surface area contributed by atoms with E-state index in [1.54, 1.807) is 36.4 Å². The maximum Gasteiger partial charge on any atom is 0.247 e. The number of anilines is 2. The van der Waals surface area contributed by atoms with Crippen molar-refractivity contribution < 1.29 is 14.4 Å². The molecule has 1 aliphatic rings. The molecule has 1 N–H and O–H groups in total. The first-order valence-electron chi connectivity index (χ1n) is 8.67. The molecule has 1 fully saturated rings. The molecule has 0 aliphatic carbocycles. The van der Waals surface area contributed by atoms with Crippen LogP contribution in [0.15, 0.2) is 53.4 Å². The Bertz CT molecular complexity index is 870. The van der Waals surface area contributed by atoms with Crippen LogP contribution in [0.3, 0.4) is 0 Å². The Balaban J connectivity index is 1.67. The smallest absolute Gasteiger partial charge is 0.247 e. The van der Waals surface area contributed by atoms with Crippen LogP contribution in [-0.4, -0.2) is 23.0 Å². The second kappa shape index (κ2) is 8.59. The lowest BCUT2D eigenvalue weighted by Crippen LogP contribution is -2.31. The van der Waals surface area contributed by atoms with Gasteiger partial charge in [0, 0.05) is 28.4 Å². The molecule has 3 amide bonds. The molecular weight excluding hydrogens is 384 g/mol. The van der Waals surface area contributed by atoms with E-state index < -0.39 is 5.25 Å². The highest BCUT2D eigenvalue weighted by Gasteiger charge is 2.40. The molecule has 140 valence electrons. The molecule has 27 heavy (non-hydrogen) atoms. The molecule has 0 unspecified atom stereocenters. The Hall–Kier alpha value is -2.31. The first kappa shape index (κ1) is 19.5. The highest BCUT2D eigenvalue weighted by atomic mass is 35.5. The zero-order valence-electron chi connectivity index (χ0n) is 14.8. The number of rotatable bonds is 6. The Kier molecular flexibility index (Phi) is 6.19. The second-order valence-corrected chi connectivity index (χ2v) is 7.89. The van der Waals surface area contributed by atoms with Gasteiger partial charge in [-0.25, -0.2) is 4.90 Å². The molecule has 2 aromatic rings. The predicted octanol–water partition coefficient (Wildman–Crippen LogP) is 4.50. The van der Waals surface area contributed by atoms with Crippen molar-refractivity contribution in [2.45, 2.75) is 36.3 Å². The van der Waals surface area contributed by atoms with Crippen LogP contribution < -0.4 is 10.2 Å². The summed E-state index contributed by atoms with van der Waals surface area (Å²) in [5, 5.41) is 2.83. The number of hydrogen-bond donors (Lipinski definition) is 1. The van der Waals surface area contributed by atoms with Gasteiger partial charge in [0.2, 0.25) is 17.7 Å². The molecule has 1 saturated heterocycles. The van der Waals surface area contributed by atoms with E-state index in [1.807, 2.05) is 19.1 Å². The molecule has 7 heteroatoms. The van der Waals surface area contributed by atoms with Gasteiger partial charge < -0.3 is 5.32 Å².